The number of phenols is 1. The number of hydrogen-bond acceptors (Lipinski definition) is 2. The van der Waals surface area contributed by atoms with E-state index in [1.165, 1.54) is 0 Å². The van der Waals surface area contributed by atoms with Crippen molar-refractivity contribution < 1.29 is 9.90 Å². The molecule has 1 aromatic rings. The van der Waals surface area contributed by atoms with Gasteiger partial charge in [-0.2, -0.15) is 0 Å². The van der Waals surface area contributed by atoms with Gasteiger partial charge in [-0.3, -0.25) is 4.79 Å². The first-order chi connectivity index (χ1) is 6.63. The number of carbonyl (C=O) groups is 1. The van der Waals surface area contributed by atoms with Crippen molar-refractivity contribution in [2.75, 3.05) is 10.6 Å². The second-order valence-electron chi connectivity index (χ2n) is 2.99. The van der Waals surface area contributed by atoms with E-state index in [2.05, 4.69) is 21.2 Å². The van der Waals surface area contributed by atoms with Gasteiger partial charge in [-0.25, -0.2) is 0 Å². The summed E-state index contributed by atoms with van der Waals surface area (Å²) in [6, 6.07) is 4.98. The summed E-state index contributed by atoms with van der Waals surface area (Å²) in [5, 5.41) is 12.6. The SMILES string of the molecule is Cc1cc(NC(=O)CCBr)ccc1O. The molecule has 0 bridgehead atoms. The third-order valence-electron chi connectivity index (χ3n) is 1.80. The smallest absolute Gasteiger partial charge is 0.225 e. The average Bonchev–Trinajstić information content (AvgIpc) is 2.12. The fourth-order valence-electron chi connectivity index (χ4n) is 1.04. The van der Waals surface area contributed by atoms with Crippen LogP contribution in [0.3, 0.4) is 0 Å². The molecule has 0 aliphatic rings. The Kier molecular flexibility index (Phi) is 3.95. The first-order valence-electron chi connectivity index (χ1n) is 4.29. The molecular weight excluding hydrogens is 246 g/mol. The van der Waals surface area contributed by atoms with Crippen molar-refractivity contribution in [2.45, 2.75) is 13.3 Å². The zero-order valence-corrected chi connectivity index (χ0v) is 9.47. The number of phenolic OH excluding ortho intramolecular Hbond substituents is 1. The highest BCUT2D eigenvalue weighted by Gasteiger charge is 2.02. The van der Waals surface area contributed by atoms with E-state index < -0.39 is 0 Å². The topological polar surface area (TPSA) is 49.3 Å². The lowest BCUT2D eigenvalue weighted by Gasteiger charge is -2.05. The molecule has 0 aliphatic carbocycles. The standard InChI is InChI=1S/C10H12BrNO2/c1-7-6-8(2-3-9(7)13)12-10(14)4-5-11/h2-3,6,13H,4-5H2,1H3,(H,12,14). The number of hydrogen-bond donors (Lipinski definition) is 2. The van der Waals surface area contributed by atoms with Crippen molar-refractivity contribution in [2.24, 2.45) is 0 Å². The molecule has 0 spiro atoms. The van der Waals surface area contributed by atoms with Crippen LogP contribution in [0.25, 0.3) is 0 Å². The number of nitrogens with one attached hydrogen (secondary N) is 1. The highest BCUT2D eigenvalue weighted by Crippen LogP contribution is 2.20. The van der Waals surface area contributed by atoms with E-state index in [4.69, 9.17) is 0 Å². The van der Waals surface area contributed by atoms with E-state index in [-0.39, 0.29) is 11.7 Å². The molecule has 0 atom stereocenters. The summed E-state index contributed by atoms with van der Waals surface area (Å²) < 4.78 is 0. The van der Waals surface area contributed by atoms with Crippen molar-refractivity contribution in [3.63, 3.8) is 0 Å². The molecule has 0 fully saturated rings. The largest absolute Gasteiger partial charge is 0.508 e. The molecule has 76 valence electrons. The Morgan fingerprint density at radius 2 is 2.29 bits per heavy atom. The van der Waals surface area contributed by atoms with E-state index in [1.54, 1.807) is 25.1 Å². The van der Waals surface area contributed by atoms with Crippen LogP contribution in [-0.4, -0.2) is 16.3 Å². The van der Waals surface area contributed by atoms with Gasteiger partial charge in [0.25, 0.3) is 0 Å². The van der Waals surface area contributed by atoms with Crippen molar-refractivity contribution in [3.8, 4) is 5.75 Å². The highest BCUT2D eigenvalue weighted by molar-refractivity contribution is 9.09. The maximum atomic E-state index is 11.2. The van der Waals surface area contributed by atoms with E-state index in [9.17, 15) is 9.90 Å². The molecule has 0 radical (unpaired) electrons. The van der Waals surface area contributed by atoms with Gasteiger partial charge < -0.3 is 10.4 Å². The quantitative estimate of drug-likeness (QED) is 0.646. The fourth-order valence-corrected chi connectivity index (χ4v) is 1.40. The van der Waals surface area contributed by atoms with Gasteiger partial charge in [-0.05, 0) is 30.7 Å². The Bertz CT molecular complexity index is 339. The lowest BCUT2D eigenvalue weighted by Crippen LogP contribution is -2.11. The summed E-state index contributed by atoms with van der Waals surface area (Å²) in [6.45, 7) is 1.79. The predicted molar refractivity (Wildman–Crippen MR) is 59.9 cm³/mol. The van der Waals surface area contributed by atoms with Gasteiger partial charge in [0, 0.05) is 17.4 Å². The summed E-state index contributed by atoms with van der Waals surface area (Å²) in [5.74, 6) is 0.204. The number of aryl methyl sites for hydroxylation is 1. The number of aromatic hydroxyl groups is 1. The number of rotatable bonds is 3. The Labute approximate surface area is 91.3 Å². The Balaban J connectivity index is 2.68. The Morgan fingerprint density at radius 1 is 1.57 bits per heavy atom. The number of benzene rings is 1. The van der Waals surface area contributed by atoms with Crippen molar-refractivity contribution in [3.05, 3.63) is 23.8 Å². The molecule has 4 heteroatoms. The number of carbonyl (C=O) groups excluding carboxylic acids is 1. The third-order valence-corrected chi connectivity index (χ3v) is 2.20. The van der Waals surface area contributed by atoms with Crippen molar-refractivity contribution in [1.82, 2.24) is 0 Å². The van der Waals surface area contributed by atoms with Gasteiger partial charge in [-0.1, -0.05) is 15.9 Å². The molecule has 0 saturated heterocycles. The monoisotopic (exact) mass is 257 g/mol. The Morgan fingerprint density at radius 3 is 2.86 bits per heavy atom. The summed E-state index contributed by atoms with van der Waals surface area (Å²) in [6.07, 6.45) is 0.444. The van der Waals surface area contributed by atoms with Gasteiger partial charge >= 0.3 is 0 Å². The minimum atomic E-state index is -0.0352. The Hall–Kier alpha value is -1.03. The van der Waals surface area contributed by atoms with Crippen LogP contribution in [0.2, 0.25) is 0 Å². The van der Waals surface area contributed by atoms with E-state index in [1.807, 2.05) is 0 Å². The van der Waals surface area contributed by atoms with Gasteiger partial charge in [0.05, 0.1) is 0 Å². The van der Waals surface area contributed by atoms with Gasteiger partial charge in [-0.15, -0.1) is 0 Å². The number of amides is 1. The van der Waals surface area contributed by atoms with Crippen LogP contribution in [0.1, 0.15) is 12.0 Å². The summed E-state index contributed by atoms with van der Waals surface area (Å²) in [7, 11) is 0. The van der Waals surface area contributed by atoms with Crippen LogP contribution in [0.4, 0.5) is 5.69 Å². The van der Waals surface area contributed by atoms with Gasteiger partial charge in [0.15, 0.2) is 0 Å². The van der Waals surface area contributed by atoms with Crippen LogP contribution in [0.15, 0.2) is 18.2 Å². The molecule has 0 aromatic heterocycles. The molecule has 2 N–H and O–H groups in total. The zero-order valence-electron chi connectivity index (χ0n) is 7.88. The fraction of sp³-hybridized carbons (Fsp3) is 0.300. The molecule has 0 heterocycles. The minimum absolute atomic E-state index is 0.0352. The number of halogens is 1. The lowest BCUT2D eigenvalue weighted by molar-refractivity contribution is -0.115. The number of alkyl halides is 1. The van der Waals surface area contributed by atoms with Crippen LogP contribution < -0.4 is 5.32 Å². The molecule has 3 nitrogen and oxygen atoms in total. The molecule has 0 aliphatic heterocycles. The zero-order chi connectivity index (χ0) is 10.6. The summed E-state index contributed by atoms with van der Waals surface area (Å²) in [4.78, 5) is 11.2. The normalized spacial score (nSPS) is 9.86. The second kappa shape index (κ2) is 5.00. The average molecular weight is 258 g/mol. The van der Waals surface area contributed by atoms with Crippen molar-refractivity contribution >= 4 is 27.5 Å². The van der Waals surface area contributed by atoms with Gasteiger partial charge in [0.2, 0.25) is 5.91 Å². The first kappa shape index (κ1) is 11.0. The highest BCUT2D eigenvalue weighted by atomic mass is 79.9. The molecule has 0 unspecified atom stereocenters. The van der Waals surface area contributed by atoms with Crippen molar-refractivity contribution in [1.29, 1.82) is 0 Å². The molecule has 0 saturated carbocycles. The molecule has 1 amide bonds. The molecular formula is C10H12BrNO2. The van der Waals surface area contributed by atoms with Crippen LogP contribution in [-0.2, 0) is 4.79 Å². The molecule has 1 rings (SSSR count). The van der Waals surface area contributed by atoms with E-state index in [0.29, 0.717) is 17.4 Å². The maximum Gasteiger partial charge on any atom is 0.225 e. The minimum Gasteiger partial charge on any atom is -0.508 e. The molecule has 1 aromatic carbocycles. The third kappa shape index (κ3) is 3.03. The first-order valence-corrected chi connectivity index (χ1v) is 5.41. The lowest BCUT2D eigenvalue weighted by atomic mass is 10.2. The van der Waals surface area contributed by atoms with Crippen LogP contribution in [0, 0.1) is 6.92 Å². The predicted octanol–water partition coefficient (Wildman–Crippen LogP) is 2.42. The van der Waals surface area contributed by atoms with E-state index in [0.717, 1.165) is 5.56 Å². The van der Waals surface area contributed by atoms with Crippen LogP contribution in [0.5, 0.6) is 5.75 Å². The maximum absolute atomic E-state index is 11.2. The molecule has 14 heavy (non-hydrogen) atoms. The summed E-state index contributed by atoms with van der Waals surface area (Å²) >= 11 is 3.19. The number of anilines is 1. The summed E-state index contributed by atoms with van der Waals surface area (Å²) in [5.41, 5.74) is 1.47. The van der Waals surface area contributed by atoms with Crippen LogP contribution >= 0.6 is 15.9 Å². The van der Waals surface area contributed by atoms with Gasteiger partial charge in [0.1, 0.15) is 5.75 Å². The van der Waals surface area contributed by atoms with E-state index >= 15 is 0 Å². The second-order valence-corrected chi connectivity index (χ2v) is 3.78.